The molecule has 0 spiro atoms. The molecule has 0 saturated carbocycles. The third kappa shape index (κ3) is 4.63. The number of amides is 1. The van der Waals surface area contributed by atoms with E-state index in [0.29, 0.717) is 0 Å². The first kappa shape index (κ1) is 18.4. The number of nitrogens with one attached hydrogen (secondary N) is 1. The lowest BCUT2D eigenvalue weighted by molar-refractivity contribution is -0.121. The number of carbonyl (C=O) groups is 1. The van der Waals surface area contributed by atoms with Crippen LogP contribution in [0.5, 0.6) is 0 Å². The second-order valence-corrected chi connectivity index (χ2v) is 7.05. The minimum atomic E-state index is -0.0973. The molecule has 2 nitrogen and oxygen atoms in total. The van der Waals surface area contributed by atoms with Crippen LogP contribution in [0.3, 0.4) is 0 Å². The molecule has 0 aliphatic heterocycles. The molecule has 0 radical (unpaired) electrons. The van der Waals surface area contributed by atoms with E-state index in [4.69, 9.17) is 0 Å². The number of rotatable bonds is 10. The summed E-state index contributed by atoms with van der Waals surface area (Å²) in [6.45, 7) is 3.02. The Bertz CT molecular complexity index is 684. The fraction of sp³-hybridized carbons (Fsp3) is 0.375. The van der Waals surface area contributed by atoms with Crippen molar-refractivity contribution in [1.29, 1.82) is 0 Å². The summed E-state index contributed by atoms with van der Waals surface area (Å²) >= 11 is 0. The van der Waals surface area contributed by atoms with E-state index < -0.39 is 0 Å². The number of benzene rings is 2. The molecule has 0 unspecified atom stereocenters. The fourth-order valence-corrected chi connectivity index (χ4v) is 3.58. The summed E-state index contributed by atoms with van der Waals surface area (Å²) in [5, 5.41) is 3.15. The zero-order valence-electron chi connectivity index (χ0n) is 15.7. The molecule has 1 aliphatic carbocycles. The average molecular weight is 348 g/mol. The van der Waals surface area contributed by atoms with Crippen LogP contribution in [0.2, 0.25) is 0 Å². The van der Waals surface area contributed by atoms with E-state index in [2.05, 4.69) is 36.5 Å². The summed E-state index contributed by atoms with van der Waals surface area (Å²) in [6.07, 6.45) is 7.45. The van der Waals surface area contributed by atoms with Gasteiger partial charge in [0, 0.05) is 6.54 Å². The molecule has 0 bridgehead atoms. The SMILES string of the molecule is CCCCCCCCNC(=O)C1C(c2ccccc2)=C1c1ccccc1. The largest absolute Gasteiger partial charge is 0.355 e. The van der Waals surface area contributed by atoms with Crippen LogP contribution in [0, 0.1) is 5.92 Å². The lowest BCUT2D eigenvalue weighted by atomic mass is 10.1. The van der Waals surface area contributed by atoms with Crippen LogP contribution >= 0.6 is 0 Å². The molecule has 2 heteroatoms. The van der Waals surface area contributed by atoms with Crippen molar-refractivity contribution in [2.45, 2.75) is 45.4 Å². The molecule has 26 heavy (non-hydrogen) atoms. The smallest absolute Gasteiger partial charge is 0.232 e. The minimum absolute atomic E-state index is 0.0973. The predicted molar refractivity (Wildman–Crippen MR) is 110 cm³/mol. The van der Waals surface area contributed by atoms with Crippen LogP contribution in [0.15, 0.2) is 60.7 Å². The molecule has 0 heterocycles. The molecule has 136 valence electrons. The third-order valence-electron chi connectivity index (χ3n) is 5.05. The monoisotopic (exact) mass is 347 g/mol. The molecule has 3 rings (SSSR count). The van der Waals surface area contributed by atoms with Gasteiger partial charge in [-0.3, -0.25) is 4.79 Å². The van der Waals surface area contributed by atoms with Crippen molar-refractivity contribution in [2.75, 3.05) is 6.54 Å². The maximum atomic E-state index is 12.8. The van der Waals surface area contributed by atoms with Gasteiger partial charge in [0.2, 0.25) is 5.91 Å². The average Bonchev–Trinajstić information content (AvgIpc) is 3.44. The zero-order chi connectivity index (χ0) is 18.2. The summed E-state index contributed by atoms with van der Waals surface area (Å²) in [7, 11) is 0. The van der Waals surface area contributed by atoms with Crippen LogP contribution in [-0.4, -0.2) is 12.5 Å². The molecule has 0 aromatic heterocycles. The number of carbonyl (C=O) groups excluding carboxylic acids is 1. The Labute approximate surface area is 157 Å². The second-order valence-electron chi connectivity index (χ2n) is 7.05. The molecule has 0 fully saturated rings. The Kier molecular flexibility index (Phi) is 6.65. The van der Waals surface area contributed by atoms with Crippen molar-refractivity contribution in [3.63, 3.8) is 0 Å². The van der Waals surface area contributed by atoms with E-state index in [9.17, 15) is 4.79 Å². The zero-order valence-corrected chi connectivity index (χ0v) is 15.7. The predicted octanol–water partition coefficient (Wildman–Crippen LogP) is 5.70. The highest BCUT2D eigenvalue weighted by Gasteiger charge is 2.43. The quantitative estimate of drug-likeness (QED) is 0.548. The first-order chi connectivity index (χ1) is 12.8. The van der Waals surface area contributed by atoms with Gasteiger partial charge in [-0.25, -0.2) is 0 Å². The molecule has 0 atom stereocenters. The molecular weight excluding hydrogens is 318 g/mol. The molecular formula is C24H29NO. The van der Waals surface area contributed by atoms with Crippen LogP contribution in [0.4, 0.5) is 0 Å². The van der Waals surface area contributed by atoms with Gasteiger partial charge in [-0.15, -0.1) is 0 Å². The number of hydrogen-bond donors (Lipinski definition) is 1. The van der Waals surface area contributed by atoms with Gasteiger partial charge < -0.3 is 5.32 Å². The Morgan fingerprint density at radius 1 is 0.769 bits per heavy atom. The minimum Gasteiger partial charge on any atom is -0.355 e. The van der Waals surface area contributed by atoms with Gasteiger partial charge in [0.15, 0.2) is 0 Å². The lowest BCUT2D eigenvalue weighted by Gasteiger charge is -2.06. The van der Waals surface area contributed by atoms with Gasteiger partial charge in [-0.2, -0.15) is 0 Å². The first-order valence-corrected chi connectivity index (χ1v) is 9.95. The van der Waals surface area contributed by atoms with E-state index in [1.165, 1.54) is 43.3 Å². The molecule has 2 aromatic carbocycles. The van der Waals surface area contributed by atoms with Crippen LogP contribution in [0.1, 0.15) is 56.6 Å². The highest BCUT2D eigenvalue weighted by molar-refractivity contribution is 6.23. The fourth-order valence-electron chi connectivity index (χ4n) is 3.58. The highest BCUT2D eigenvalue weighted by Crippen LogP contribution is 2.53. The Morgan fingerprint density at radius 2 is 1.27 bits per heavy atom. The highest BCUT2D eigenvalue weighted by atomic mass is 16.2. The van der Waals surface area contributed by atoms with Crippen molar-refractivity contribution in [3.8, 4) is 0 Å². The summed E-state index contributed by atoms with van der Waals surface area (Å²) in [4.78, 5) is 12.8. The van der Waals surface area contributed by atoms with Crippen LogP contribution < -0.4 is 5.32 Å². The van der Waals surface area contributed by atoms with Gasteiger partial charge in [0.05, 0.1) is 5.92 Å². The summed E-state index contributed by atoms with van der Waals surface area (Å²) in [6, 6.07) is 20.6. The normalized spacial score (nSPS) is 13.7. The lowest BCUT2D eigenvalue weighted by Crippen LogP contribution is -2.27. The van der Waals surface area contributed by atoms with Crippen LogP contribution in [-0.2, 0) is 4.79 Å². The molecule has 1 aliphatic rings. The Morgan fingerprint density at radius 3 is 1.81 bits per heavy atom. The maximum Gasteiger partial charge on any atom is 0.232 e. The molecule has 2 aromatic rings. The van der Waals surface area contributed by atoms with E-state index in [1.807, 2.05) is 36.4 Å². The van der Waals surface area contributed by atoms with E-state index in [0.717, 1.165) is 24.1 Å². The number of hydrogen-bond acceptors (Lipinski definition) is 1. The van der Waals surface area contributed by atoms with Gasteiger partial charge in [0.1, 0.15) is 0 Å². The van der Waals surface area contributed by atoms with Crippen LogP contribution in [0.25, 0.3) is 11.1 Å². The maximum absolute atomic E-state index is 12.8. The van der Waals surface area contributed by atoms with Crippen molar-refractivity contribution in [1.82, 2.24) is 5.32 Å². The first-order valence-electron chi connectivity index (χ1n) is 9.95. The van der Waals surface area contributed by atoms with Crippen molar-refractivity contribution >= 4 is 17.1 Å². The Balaban J connectivity index is 1.58. The molecule has 0 saturated heterocycles. The van der Waals surface area contributed by atoms with Gasteiger partial charge >= 0.3 is 0 Å². The second kappa shape index (κ2) is 9.38. The van der Waals surface area contributed by atoms with Crippen molar-refractivity contribution in [2.24, 2.45) is 5.92 Å². The van der Waals surface area contributed by atoms with Gasteiger partial charge in [0.25, 0.3) is 0 Å². The van der Waals surface area contributed by atoms with E-state index in [1.54, 1.807) is 0 Å². The van der Waals surface area contributed by atoms with Crippen molar-refractivity contribution in [3.05, 3.63) is 71.8 Å². The standard InChI is InChI=1S/C24H29NO/c1-2-3-4-5-6-13-18-25-24(26)23-21(19-14-9-7-10-15-19)22(23)20-16-11-8-12-17-20/h7-12,14-17,23H,2-6,13,18H2,1H3,(H,25,26). The van der Waals surface area contributed by atoms with Gasteiger partial charge in [-0.05, 0) is 28.7 Å². The number of unbranched alkanes of at least 4 members (excludes halogenated alkanes) is 5. The van der Waals surface area contributed by atoms with Crippen molar-refractivity contribution < 1.29 is 4.79 Å². The van der Waals surface area contributed by atoms with E-state index in [-0.39, 0.29) is 11.8 Å². The molecule has 1 amide bonds. The summed E-state index contributed by atoms with van der Waals surface area (Å²) in [5.41, 5.74) is 4.67. The van der Waals surface area contributed by atoms with Gasteiger partial charge in [-0.1, -0.05) is 99.7 Å². The topological polar surface area (TPSA) is 29.1 Å². The summed E-state index contributed by atoms with van der Waals surface area (Å²) in [5.74, 6) is 0.0520. The Hall–Kier alpha value is -2.35. The molecule has 1 N–H and O–H groups in total. The third-order valence-corrected chi connectivity index (χ3v) is 5.05. The van der Waals surface area contributed by atoms with E-state index >= 15 is 0 Å². The summed E-state index contributed by atoms with van der Waals surface area (Å²) < 4.78 is 0.